The van der Waals surface area contributed by atoms with E-state index >= 15 is 0 Å². The van der Waals surface area contributed by atoms with Crippen LogP contribution in [0.15, 0.2) is 41.9 Å². The summed E-state index contributed by atoms with van der Waals surface area (Å²) in [5.41, 5.74) is 0.914. The highest BCUT2D eigenvalue weighted by Crippen LogP contribution is 2.11. The maximum atomic E-state index is 11.7. The number of nitrogens with zero attached hydrogens (tertiary/aromatic N) is 1. The maximum Gasteiger partial charge on any atom is 0.231 e. The number of rotatable bonds is 4. The molecule has 86 valence electrons. The van der Waals surface area contributed by atoms with Crippen LogP contribution in [0.4, 0.5) is 5.13 Å². The van der Waals surface area contributed by atoms with Crippen LogP contribution in [-0.2, 0) is 4.79 Å². The van der Waals surface area contributed by atoms with E-state index in [1.165, 1.54) is 11.3 Å². The van der Waals surface area contributed by atoms with Crippen molar-refractivity contribution in [1.29, 1.82) is 0 Å². The Morgan fingerprint density at radius 2 is 2.12 bits per heavy atom. The van der Waals surface area contributed by atoms with Gasteiger partial charge in [0.2, 0.25) is 5.91 Å². The number of benzene rings is 1. The van der Waals surface area contributed by atoms with Gasteiger partial charge in [-0.3, -0.25) is 4.79 Å². The lowest BCUT2D eigenvalue weighted by Crippen LogP contribution is -2.15. The first-order chi connectivity index (χ1) is 8.25. The highest BCUT2D eigenvalue weighted by Gasteiger charge is 2.08. The van der Waals surface area contributed by atoms with Crippen LogP contribution in [0.2, 0.25) is 0 Å². The van der Waals surface area contributed by atoms with Gasteiger partial charge in [0.1, 0.15) is 0 Å². The van der Waals surface area contributed by atoms with Gasteiger partial charge >= 0.3 is 0 Å². The second-order valence-corrected chi connectivity index (χ2v) is 4.74. The second kappa shape index (κ2) is 5.65. The standard InChI is InChI=1S/C12H10N2OS2/c15-11(14-12-13-6-7-17-12)8-10(16)9-4-2-1-3-5-9/h1-7H,8H2,(H,13,14,15). The smallest absolute Gasteiger partial charge is 0.231 e. The number of thiocarbonyl (C=S) groups is 1. The summed E-state index contributed by atoms with van der Waals surface area (Å²) in [6.07, 6.45) is 1.86. The van der Waals surface area contributed by atoms with Crippen molar-refractivity contribution in [2.75, 3.05) is 5.32 Å². The van der Waals surface area contributed by atoms with Crippen LogP contribution in [0.25, 0.3) is 0 Å². The van der Waals surface area contributed by atoms with E-state index in [2.05, 4.69) is 10.3 Å². The summed E-state index contributed by atoms with van der Waals surface area (Å²) in [6, 6.07) is 9.53. The third-order valence-corrected chi connectivity index (χ3v) is 3.16. The minimum atomic E-state index is -0.131. The highest BCUT2D eigenvalue weighted by atomic mass is 32.1. The number of thiazole rings is 1. The molecule has 0 unspecified atom stereocenters. The van der Waals surface area contributed by atoms with Crippen molar-refractivity contribution >= 4 is 39.5 Å². The molecule has 0 atom stereocenters. The van der Waals surface area contributed by atoms with Crippen LogP contribution in [-0.4, -0.2) is 15.8 Å². The molecule has 2 aromatic rings. The zero-order chi connectivity index (χ0) is 12.1. The fourth-order valence-corrected chi connectivity index (χ4v) is 2.13. The zero-order valence-electron chi connectivity index (χ0n) is 8.92. The van der Waals surface area contributed by atoms with Crippen LogP contribution in [0.1, 0.15) is 12.0 Å². The van der Waals surface area contributed by atoms with Gasteiger partial charge in [-0.25, -0.2) is 4.98 Å². The van der Waals surface area contributed by atoms with Gasteiger partial charge in [0.25, 0.3) is 0 Å². The lowest BCUT2D eigenvalue weighted by molar-refractivity contribution is -0.115. The van der Waals surface area contributed by atoms with Gasteiger partial charge in [-0.15, -0.1) is 11.3 Å². The molecule has 0 aliphatic rings. The molecule has 0 aliphatic heterocycles. The Morgan fingerprint density at radius 3 is 2.76 bits per heavy atom. The van der Waals surface area contributed by atoms with E-state index in [1.807, 2.05) is 35.7 Å². The van der Waals surface area contributed by atoms with Crippen LogP contribution < -0.4 is 5.32 Å². The number of hydrogen-bond donors (Lipinski definition) is 1. The summed E-state index contributed by atoms with van der Waals surface area (Å²) >= 11 is 6.60. The number of anilines is 1. The topological polar surface area (TPSA) is 42.0 Å². The number of amides is 1. The summed E-state index contributed by atoms with van der Waals surface area (Å²) in [5.74, 6) is -0.131. The van der Waals surface area contributed by atoms with Gasteiger partial charge in [0.15, 0.2) is 5.13 Å². The van der Waals surface area contributed by atoms with Crippen molar-refractivity contribution < 1.29 is 4.79 Å². The Balaban J connectivity index is 1.93. The third-order valence-electron chi connectivity index (χ3n) is 2.10. The Hall–Kier alpha value is -1.59. The van der Waals surface area contributed by atoms with Crippen LogP contribution in [0, 0.1) is 0 Å². The van der Waals surface area contributed by atoms with Gasteiger partial charge in [-0.2, -0.15) is 0 Å². The SMILES string of the molecule is O=C(CC(=S)c1ccccc1)Nc1nccs1. The number of carbonyl (C=O) groups is 1. The van der Waals surface area contributed by atoms with E-state index in [1.54, 1.807) is 6.20 Å². The fraction of sp³-hybridized carbons (Fsp3) is 0.0833. The van der Waals surface area contributed by atoms with Gasteiger partial charge in [0, 0.05) is 16.4 Å². The lowest BCUT2D eigenvalue weighted by Gasteiger charge is -2.03. The fourth-order valence-electron chi connectivity index (χ4n) is 1.32. The van der Waals surface area contributed by atoms with E-state index in [4.69, 9.17) is 12.2 Å². The summed E-state index contributed by atoms with van der Waals surface area (Å²) < 4.78 is 0. The summed E-state index contributed by atoms with van der Waals surface area (Å²) in [6.45, 7) is 0. The zero-order valence-corrected chi connectivity index (χ0v) is 10.6. The molecule has 2 rings (SSSR count). The predicted octanol–water partition coefficient (Wildman–Crippen LogP) is 2.89. The highest BCUT2D eigenvalue weighted by molar-refractivity contribution is 7.80. The molecule has 0 bridgehead atoms. The van der Waals surface area contributed by atoms with Gasteiger partial charge in [-0.1, -0.05) is 42.5 Å². The molecule has 5 heteroatoms. The number of nitrogens with one attached hydrogen (secondary N) is 1. The van der Waals surface area contributed by atoms with Gasteiger partial charge in [-0.05, 0) is 5.56 Å². The molecule has 1 amide bonds. The Bertz CT molecular complexity index is 509. The van der Waals surface area contributed by atoms with Crippen molar-refractivity contribution in [2.45, 2.75) is 6.42 Å². The van der Waals surface area contributed by atoms with Crippen molar-refractivity contribution in [2.24, 2.45) is 0 Å². The largest absolute Gasteiger partial charge is 0.302 e. The monoisotopic (exact) mass is 262 g/mol. The Kier molecular flexibility index (Phi) is 3.95. The molecular formula is C12H10N2OS2. The first kappa shape index (κ1) is 11.9. The molecular weight excluding hydrogens is 252 g/mol. The molecule has 0 saturated carbocycles. The minimum Gasteiger partial charge on any atom is -0.302 e. The van der Waals surface area contributed by atoms with E-state index in [-0.39, 0.29) is 12.3 Å². The van der Waals surface area contributed by atoms with Crippen molar-refractivity contribution in [3.63, 3.8) is 0 Å². The number of aromatic nitrogens is 1. The second-order valence-electron chi connectivity index (χ2n) is 3.35. The average molecular weight is 262 g/mol. The molecule has 1 aromatic heterocycles. The van der Waals surface area contributed by atoms with Crippen LogP contribution >= 0.6 is 23.6 Å². The van der Waals surface area contributed by atoms with Gasteiger partial charge < -0.3 is 5.32 Å². The molecule has 1 N–H and O–H groups in total. The molecule has 0 fully saturated rings. The quantitative estimate of drug-likeness (QED) is 0.680. The third kappa shape index (κ3) is 3.44. The molecule has 0 spiro atoms. The van der Waals surface area contributed by atoms with E-state index in [0.717, 1.165) is 5.56 Å². The maximum absolute atomic E-state index is 11.7. The minimum absolute atomic E-state index is 0.131. The predicted molar refractivity (Wildman–Crippen MR) is 73.5 cm³/mol. The number of carbonyl (C=O) groups excluding carboxylic acids is 1. The molecule has 17 heavy (non-hydrogen) atoms. The van der Waals surface area contributed by atoms with Crippen LogP contribution in [0.3, 0.4) is 0 Å². The van der Waals surface area contributed by atoms with Crippen molar-refractivity contribution in [3.8, 4) is 0 Å². The molecule has 1 aromatic carbocycles. The Labute approximate surface area is 109 Å². The molecule has 0 saturated heterocycles. The first-order valence-electron chi connectivity index (χ1n) is 5.03. The van der Waals surface area contributed by atoms with Crippen LogP contribution in [0.5, 0.6) is 0 Å². The average Bonchev–Trinajstić information content (AvgIpc) is 2.82. The summed E-state index contributed by atoms with van der Waals surface area (Å²) in [4.78, 5) is 16.3. The first-order valence-corrected chi connectivity index (χ1v) is 6.32. The number of hydrogen-bond acceptors (Lipinski definition) is 4. The van der Waals surface area contributed by atoms with E-state index in [9.17, 15) is 4.79 Å². The van der Waals surface area contributed by atoms with Crippen molar-refractivity contribution in [1.82, 2.24) is 4.98 Å². The van der Waals surface area contributed by atoms with E-state index in [0.29, 0.717) is 10.00 Å². The summed E-state index contributed by atoms with van der Waals surface area (Å²) in [5, 5.41) is 5.12. The van der Waals surface area contributed by atoms with Crippen molar-refractivity contribution in [3.05, 3.63) is 47.5 Å². The molecule has 1 heterocycles. The summed E-state index contributed by atoms with van der Waals surface area (Å²) in [7, 11) is 0. The Morgan fingerprint density at radius 1 is 1.35 bits per heavy atom. The van der Waals surface area contributed by atoms with Gasteiger partial charge in [0.05, 0.1) is 6.42 Å². The lowest BCUT2D eigenvalue weighted by atomic mass is 10.1. The molecule has 3 nitrogen and oxygen atoms in total. The van der Waals surface area contributed by atoms with E-state index < -0.39 is 0 Å². The normalized spacial score (nSPS) is 9.88. The molecule has 0 aliphatic carbocycles. The molecule has 0 radical (unpaired) electrons.